The van der Waals surface area contributed by atoms with Crippen molar-refractivity contribution >= 4 is 64.0 Å². The lowest BCUT2D eigenvalue weighted by molar-refractivity contribution is -0.136. The van der Waals surface area contributed by atoms with Crippen molar-refractivity contribution < 1.29 is 14.3 Å². The first-order chi connectivity index (χ1) is 11.7. The molecule has 0 saturated heterocycles. The van der Waals surface area contributed by atoms with Gasteiger partial charge in [0.1, 0.15) is 15.8 Å². The number of esters is 1. The molecule has 0 saturated carbocycles. The summed E-state index contributed by atoms with van der Waals surface area (Å²) < 4.78 is 10.5. The van der Waals surface area contributed by atoms with E-state index in [2.05, 4.69) is 13.8 Å². The first-order valence-corrected chi connectivity index (χ1v) is 9.06. The highest BCUT2D eigenvalue weighted by Crippen LogP contribution is 2.48. The molecule has 134 valence electrons. The second kappa shape index (κ2) is 8.70. The lowest BCUT2D eigenvalue weighted by Crippen LogP contribution is -2.18. The zero-order chi connectivity index (χ0) is 18.7. The minimum Gasteiger partial charge on any atom is -0.479 e. The molecule has 0 aliphatic carbocycles. The number of carbonyl (C=O) groups excluding carboxylic acids is 1. The molecule has 0 atom stereocenters. The number of hydrogen-bond donors (Lipinski definition) is 0. The fraction of sp³-hybridized carbons (Fsp3) is 0.235. The minimum atomic E-state index is -0.633. The third-order valence-electron chi connectivity index (χ3n) is 3.28. The zero-order valence-electron chi connectivity index (χ0n) is 13.2. The summed E-state index contributed by atoms with van der Waals surface area (Å²) in [6, 6.07) is 7.20. The average Bonchev–Trinajstić information content (AvgIpc) is 2.58. The van der Waals surface area contributed by atoms with Gasteiger partial charge >= 0.3 is 5.97 Å². The molecule has 25 heavy (non-hydrogen) atoms. The van der Waals surface area contributed by atoms with E-state index in [0.29, 0.717) is 11.7 Å². The Kier molecular flexibility index (Phi) is 7.12. The number of rotatable bonds is 5. The minimum absolute atomic E-state index is 0.00891. The molecule has 0 aliphatic heterocycles. The van der Waals surface area contributed by atoms with Crippen molar-refractivity contribution in [1.29, 1.82) is 0 Å². The van der Waals surface area contributed by atoms with Crippen molar-refractivity contribution in [2.24, 2.45) is 0 Å². The van der Waals surface area contributed by atoms with Crippen LogP contribution in [0.1, 0.15) is 25.3 Å². The summed E-state index contributed by atoms with van der Waals surface area (Å²) >= 11 is 29.8. The van der Waals surface area contributed by atoms with Crippen molar-refractivity contribution in [2.45, 2.75) is 19.8 Å². The molecule has 0 radical (unpaired) electrons. The van der Waals surface area contributed by atoms with Crippen LogP contribution in [0.15, 0.2) is 24.3 Å². The van der Waals surface area contributed by atoms with E-state index in [1.807, 2.05) is 12.1 Å². The van der Waals surface area contributed by atoms with E-state index >= 15 is 0 Å². The van der Waals surface area contributed by atoms with Gasteiger partial charge in [0.05, 0.1) is 15.1 Å². The fourth-order valence-electron chi connectivity index (χ4n) is 1.92. The van der Waals surface area contributed by atoms with E-state index < -0.39 is 12.6 Å². The third kappa shape index (κ3) is 4.87. The fourth-order valence-corrected chi connectivity index (χ4v) is 3.15. The Morgan fingerprint density at radius 1 is 0.880 bits per heavy atom. The molecule has 0 aromatic heterocycles. The van der Waals surface area contributed by atoms with Gasteiger partial charge in [-0.05, 0) is 23.6 Å². The van der Waals surface area contributed by atoms with Crippen LogP contribution in [0.4, 0.5) is 0 Å². The predicted molar refractivity (Wildman–Crippen MR) is 103 cm³/mol. The summed E-state index contributed by atoms with van der Waals surface area (Å²) in [6.07, 6.45) is 0. The Morgan fingerprint density at radius 2 is 1.36 bits per heavy atom. The largest absolute Gasteiger partial charge is 0.479 e. The summed E-state index contributed by atoms with van der Waals surface area (Å²) in [7, 11) is 0. The van der Waals surface area contributed by atoms with E-state index in [-0.39, 0.29) is 30.9 Å². The van der Waals surface area contributed by atoms with Crippen LogP contribution in [-0.2, 0) is 4.79 Å². The molecule has 2 aromatic rings. The molecular weight excluding hydrogens is 429 g/mol. The van der Waals surface area contributed by atoms with Gasteiger partial charge in [-0.15, -0.1) is 0 Å². The first kappa shape index (κ1) is 20.5. The molecule has 0 spiro atoms. The second-order valence-electron chi connectivity index (χ2n) is 5.39. The van der Waals surface area contributed by atoms with Crippen molar-refractivity contribution in [2.75, 3.05) is 6.61 Å². The van der Waals surface area contributed by atoms with Crippen LogP contribution >= 0.6 is 58.0 Å². The number of hydrogen-bond acceptors (Lipinski definition) is 3. The summed E-state index contributed by atoms with van der Waals surface area (Å²) in [5, 5.41) is -0.0699. The van der Waals surface area contributed by atoms with Gasteiger partial charge in [-0.25, -0.2) is 4.79 Å². The van der Waals surface area contributed by atoms with Crippen LogP contribution in [0.2, 0.25) is 25.1 Å². The smallest absolute Gasteiger partial charge is 0.349 e. The Bertz CT molecular complexity index is 759. The molecule has 3 nitrogen and oxygen atoms in total. The molecule has 0 unspecified atom stereocenters. The molecule has 0 heterocycles. The molecule has 0 N–H and O–H groups in total. The standard InChI is InChI=1S/C17H13Cl5O3/c1-8(2)9-3-5-10(6-4-9)25-11(23)7-24-17-15(21)13(19)12(18)14(20)16(17)22/h3-6,8H,7H2,1-2H3. The Morgan fingerprint density at radius 3 is 1.84 bits per heavy atom. The SMILES string of the molecule is CC(C)c1ccc(OC(=O)COc2c(Cl)c(Cl)c(Cl)c(Cl)c2Cl)cc1. The zero-order valence-corrected chi connectivity index (χ0v) is 17.0. The highest BCUT2D eigenvalue weighted by molar-refractivity contribution is 6.55. The van der Waals surface area contributed by atoms with E-state index in [1.54, 1.807) is 12.1 Å². The van der Waals surface area contributed by atoms with Gasteiger partial charge in [0.2, 0.25) is 0 Å². The van der Waals surface area contributed by atoms with Gasteiger partial charge in [0.15, 0.2) is 12.4 Å². The summed E-state index contributed by atoms with van der Waals surface area (Å²) in [6.45, 7) is 3.72. The Labute approximate surface area is 170 Å². The van der Waals surface area contributed by atoms with Crippen molar-refractivity contribution in [3.8, 4) is 11.5 Å². The maximum Gasteiger partial charge on any atom is 0.349 e. The number of benzene rings is 2. The van der Waals surface area contributed by atoms with Crippen LogP contribution in [0, 0.1) is 0 Å². The highest BCUT2D eigenvalue weighted by Gasteiger charge is 2.21. The second-order valence-corrected chi connectivity index (χ2v) is 7.28. The summed E-state index contributed by atoms with van der Waals surface area (Å²) in [5.41, 5.74) is 1.14. The van der Waals surface area contributed by atoms with E-state index in [0.717, 1.165) is 5.56 Å². The monoisotopic (exact) mass is 440 g/mol. The van der Waals surface area contributed by atoms with Crippen LogP contribution < -0.4 is 9.47 Å². The first-order valence-electron chi connectivity index (χ1n) is 7.17. The maximum atomic E-state index is 11.9. The summed E-state index contributed by atoms with van der Waals surface area (Å²) in [5.74, 6) is 0.126. The third-order valence-corrected chi connectivity index (χ3v) is 5.52. The van der Waals surface area contributed by atoms with Crippen molar-refractivity contribution in [3.05, 3.63) is 54.9 Å². The number of ether oxygens (including phenoxy) is 2. The van der Waals surface area contributed by atoms with E-state index in [1.165, 1.54) is 0 Å². The molecule has 0 fully saturated rings. The Balaban J connectivity index is 2.05. The lowest BCUT2D eigenvalue weighted by Gasteiger charge is -2.13. The van der Waals surface area contributed by atoms with Crippen molar-refractivity contribution in [3.63, 3.8) is 0 Å². The molecule has 0 bridgehead atoms. The molecule has 0 aliphatic rings. The molecule has 8 heteroatoms. The normalized spacial score (nSPS) is 10.9. The van der Waals surface area contributed by atoms with Crippen LogP contribution in [-0.4, -0.2) is 12.6 Å². The Hall–Kier alpha value is -0.840. The van der Waals surface area contributed by atoms with Gasteiger partial charge < -0.3 is 9.47 Å². The van der Waals surface area contributed by atoms with Gasteiger partial charge in [-0.1, -0.05) is 84.0 Å². The topological polar surface area (TPSA) is 35.5 Å². The summed E-state index contributed by atoms with van der Waals surface area (Å²) in [4.78, 5) is 11.9. The van der Waals surface area contributed by atoms with Crippen LogP contribution in [0.5, 0.6) is 11.5 Å². The maximum absolute atomic E-state index is 11.9. The van der Waals surface area contributed by atoms with Gasteiger partial charge in [0, 0.05) is 0 Å². The van der Waals surface area contributed by atoms with Gasteiger partial charge in [-0.2, -0.15) is 0 Å². The number of carbonyl (C=O) groups is 1. The van der Waals surface area contributed by atoms with Crippen LogP contribution in [0.3, 0.4) is 0 Å². The van der Waals surface area contributed by atoms with E-state index in [4.69, 9.17) is 67.5 Å². The highest BCUT2D eigenvalue weighted by atomic mass is 35.5. The molecule has 2 aromatic carbocycles. The average molecular weight is 443 g/mol. The quantitative estimate of drug-likeness (QED) is 0.215. The molecule has 0 amide bonds. The number of halogens is 5. The lowest BCUT2D eigenvalue weighted by atomic mass is 10.0. The van der Waals surface area contributed by atoms with Crippen LogP contribution in [0.25, 0.3) is 0 Å². The predicted octanol–water partition coefficient (Wildman–Crippen LogP) is 7.06. The van der Waals surface area contributed by atoms with Crippen molar-refractivity contribution in [1.82, 2.24) is 0 Å². The van der Waals surface area contributed by atoms with E-state index in [9.17, 15) is 4.79 Å². The molecular formula is C17H13Cl5O3. The molecule has 2 rings (SSSR count). The van der Waals surface area contributed by atoms with Gasteiger partial charge in [0.25, 0.3) is 0 Å². The van der Waals surface area contributed by atoms with Gasteiger partial charge in [-0.3, -0.25) is 0 Å².